The van der Waals surface area contributed by atoms with E-state index in [9.17, 15) is 0 Å². The summed E-state index contributed by atoms with van der Waals surface area (Å²) in [5.74, 6) is 2.93. The van der Waals surface area contributed by atoms with Gasteiger partial charge in [0.05, 0.1) is 6.61 Å². The molecular weight excluding hydrogens is 232 g/mol. The summed E-state index contributed by atoms with van der Waals surface area (Å²) < 4.78 is 5.38. The molecular formula is C13H20N2OS. The number of rotatable bonds is 5. The Bertz CT molecular complexity index is 340. The third kappa shape index (κ3) is 4.11. The molecule has 0 bridgehead atoms. The molecule has 3 nitrogen and oxygen atoms in total. The topological polar surface area (TPSA) is 34.1 Å². The highest BCUT2D eigenvalue weighted by Crippen LogP contribution is 2.25. The quantitative estimate of drug-likeness (QED) is 0.872. The Balaban J connectivity index is 1.83. The van der Waals surface area contributed by atoms with Gasteiger partial charge in [-0.25, -0.2) is 0 Å². The molecule has 17 heavy (non-hydrogen) atoms. The molecule has 1 unspecified atom stereocenters. The smallest absolute Gasteiger partial charge is 0.215 e. The molecule has 1 aliphatic heterocycles. The van der Waals surface area contributed by atoms with E-state index < -0.39 is 0 Å². The maximum Gasteiger partial charge on any atom is 0.215 e. The van der Waals surface area contributed by atoms with Crippen LogP contribution in [-0.4, -0.2) is 29.1 Å². The lowest BCUT2D eigenvalue weighted by Crippen LogP contribution is -2.20. The fourth-order valence-electron chi connectivity index (χ4n) is 1.93. The van der Waals surface area contributed by atoms with E-state index in [1.54, 1.807) is 0 Å². The van der Waals surface area contributed by atoms with E-state index in [2.05, 4.69) is 22.1 Å². The molecule has 0 amide bonds. The second kappa shape index (κ2) is 6.74. The van der Waals surface area contributed by atoms with Crippen LogP contribution in [0.5, 0.6) is 5.88 Å². The van der Waals surface area contributed by atoms with Gasteiger partial charge in [0, 0.05) is 17.9 Å². The van der Waals surface area contributed by atoms with Crippen molar-refractivity contribution in [2.45, 2.75) is 31.4 Å². The van der Waals surface area contributed by atoms with E-state index in [1.807, 2.05) is 25.1 Å². The van der Waals surface area contributed by atoms with Crippen molar-refractivity contribution in [2.24, 2.45) is 0 Å². The number of nitrogens with zero attached hydrogens (tertiary/aromatic N) is 1. The average molecular weight is 252 g/mol. The minimum absolute atomic E-state index is 0.662. The molecule has 0 saturated carbocycles. The standard InChI is InChI=1S/C13H20N2OS/c1-2-16-13-8-5-7-12(15-13)14-10-11-6-3-4-9-17-11/h5,7-8,11H,2-4,6,9-10H2,1H3,(H,14,15). The van der Waals surface area contributed by atoms with Gasteiger partial charge in [0.25, 0.3) is 0 Å². The van der Waals surface area contributed by atoms with Crippen molar-refractivity contribution in [2.75, 3.05) is 24.2 Å². The van der Waals surface area contributed by atoms with E-state index in [0.29, 0.717) is 12.5 Å². The summed E-state index contributed by atoms with van der Waals surface area (Å²) in [6, 6.07) is 5.87. The first-order valence-corrected chi connectivity index (χ1v) is 7.38. The Labute approximate surface area is 107 Å². The Hall–Kier alpha value is -0.900. The van der Waals surface area contributed by atoms with E-state index in [1.165, 1.54) is 25.0 Å². The molecule has 0 aromatic carbocycles. The molecule has 2 heterocycles. The van der Waals surface area contributed by atoms with Crippen molar-refractivity contribution in [1.29, 1.82) is 0 Å². The highest BCUT2D eigenvalue weighted by Gasteiger charge is 2.13. The number of hydrogen-bond acceptors (Lipinski definition) is 4. The van der Waals surface area contributed by atoms with Gasteiger partial charge < -0.3 is 10.1 Å². The third-order valence-corrected chi connectivity index (χ3v) is 4.20. The van der Waals surface area contributed by atoms with Gasteiger partial charge in [-0.2, -0.15) is 16.7 Å². The Morgan fingerprint density at radius 1 is 1.47 bits per heavy atom. The van der Waals surface area contributed by atoms with Gasteiger partial charge >= 0.3 is 0 Å². The highest BCUT2D eigenvalue weighted by molar-refractivity contribution is 7.99. The summed E-state index contributed by atoms with van der Waals surface area (Å²) in [7, 11) is 0. The van der Waals surface area contributed by atoms with Gasteiger partial charge in [0.2, 0.25) is 5.88 Å². The van der Waals surface area contributed by atoms with Crippen molar-refractivity contribution in [3.8, 4) is 5.88 Å². The predicted octanol–water partition coefficient (Wildman–Crippen LogP) is 3.18. The normalized spacial score (nSPS) is 19.9. The van der Waals surface area contributed by atoms with Crippen molar-refractivity contribution in [3.05, 3.63) is 18.2 Å². The first-order valence-electron chi connectivity index (χ1n) is 6.34. The van der Waals surface area contributed by atoms with Crippen molar-refractivity contribution in [1.82, 2.24) is 4.98 Å². The van der Waals surface area contributed by atoms with Crippen LogP contribution >= 0.6 is 11.8 Å². The molecule has 1 aromatic rings. The number of anilines is 1. The molecule has 1 N–H and O–H groups in total. The second-order valence-corrected chi connectivity index (χ2v) is 5.57. The number of ether oxygens (including phenoxy) is 1. The molecule has 1 fully saturated rings. The zero-order chi connectivity index (χ0) is 11.9. The highest BCUT2D eigenvalue weighted by atomic mass is 32.2. The van der Waals surface area contributed by atoms with Crippen molar-refractivity contribution in [3.63, 3.8) is 0 Å². The minimum Gasteiger partial charge on any atom is -0.478 e. The Kier molecular flexibility index (Phi) is 4.98. The minimum atomic E-state index is 0.662. The zero-order valence-electron chi connectivity index (χ0n) is 10.3. The van der Waals surface area contributed by atoms with Crippen molar-refractivity contribution < 1.29 is 4.74 Å². The molecule has 1 saturated heterocycles. The first-order chi connectivity index (χ1) is 8.38. The lowest BCUT2D eigenvalue weighted by Gasteiger charge is -2.21. The summed E-state index contributed by atoms with van der Waals surface area (Å²) in [6.45, 7) is 3.64. The summed E-state index contributed by atoms with van der Waals surface area (Å²) >= 11 is 2.08. The maximum absolute atomic E-state index is 5.38. The Morgan fingerprint density at radius 2 is 2.41 bits per heavy atom. The molecule has 94 valence electrons. The van der Waals surface area contributed by atoms with Gasteiger partial charge in [-0.15, -0.1) is 0 Å². The van der Waals surface area contributed by atoms with Gasteiger partial charge in [-0.3, -0.25) is 0 Å². The van der Waals surface area contributed by atoms with Crippen LogP contribution in [0.15, 0.2) is 18.2 Å². The summed E-state index contributed by atoms with van der Waals surface area (Å²) in [4.78, 5) is 4.40. The fraction of sp³-hybridized carbons (Fsp3) is 0.615. The SMILES string of the molecule is CCOc1cccc(NCC2CCCCS2)n1. The van der Waals surface area contributed by atoms with E-state index in [0.717, 1.165) is 17.6 Å². The largest absolute Gasteiger partial charge is 0.478 e. The number of nitrogens with one attached hydrogen (secondary N) is 1. The molecule has 1 aromatic heterocycles. The summed E-state index contributed by atoms with van der Waals surface area (Å²) in [5, 5.41) is 4.14. The van der Waals surface area contributed by atoms with E-state index in [4.69, 9.17) is 4.74 Å². The van der Waals surface area contributed by atoms with Crippen LogP contribution in [0.4, 0.5) is 5.82 Å². The Morgan fingerprint density at radius 3 is 3.18 bits per heavy atom. The van der Waals surface area contributed by atoms with Crippen LogP contribution in [-0.2, 0) is 0 Å². The molecule has 0 radical (unpaired) electrons. The van der Waals surface area contributed by atoms with E-state index in [-0.39, 0.29) is 0 Å². The first kappa shape index (κ1) is 12.6. The molecule has 0 spiro atoms. The maximum atomic E-state index is 5.38. The number of hydrogen-bond donors (Lipinski definition) is 1. The van der Waals surface area contributed by atoms with Crippen LogP contribution in [0.1, 0.15) is 26.2 Å². The number of aromatic nitrogens is 1. The van der Waals surface area contributed by atoms with Crippen LogP contribution in [0.3, 0.4) is 0 Å². The number of thioether (sulfide) groups is 1. The molecule has 1 aliphatic rings. The molecule has 0 aliphatic carbocycles. The summed E-state index contributed by atoms with van der Waals surface area (Å²) in [6.07, 6.45) is 4.06. The number of pyridine rings is 1. The predicted molar refractivity (Wildman–Crippen MR) is 74.0 cm³/mol. The van der Waals surface area contributed by atoms with Gasteiger partial charge in [0.15, 0.2) is 0 Å². The van der Waals surface area contributed by atoms with Crippen LogP contribution in [0.25, 0.3) is 0 Å². The van der Waals surface area contributed by atoms with E-state index >= 15 is 0 Å². The van der Waals surface area contributed by atoms with Crippen LogP contribution < -0.4 is 10.1 Å². The monoisotopic (exact) mass is 252 g/mol. The van der Waals surface area contributed by atoms with Crippen LogP contribution in [0, 0.1) is 0 Å². The van der Waals surface area contributed by atoms with Gasteiger partial charge in [0.1, 0.15) is 5.82 Å². The summed E-state index contributed by atoms with van der Waals surface area (Å²) in [5.41, 5.74) is 0. The lowest BCUT2D eigenvalue weighted by molar-refractivity contribution is 0.327. The fourth-order valence-corrected chi connectivity index (χ4v) is 3.17. The van der Waals surface area contributed by atoms with Crippen LogP contribution in [0.2, 0.25) is 0 Å². The third-order valence-electron chi connectivity index (χ3n) is 2.80. The van der Waals surface area contributed by atoms with Gasteiger partial charge in [-0.05, 0) is 31.6 Å². The second-order valence-electron chi connectivity index (χ2n) is 4.16. The zero-order valence-corrected chi connectivity index (χ0v) is 11.1. The van der Waals surface area contributed by atoms with Crippen molar-refractivity contribution >= 4 is 17.6 Å². The lowest BCUT2D eigenvalue weighted by atomic mass is 10.2. The molecule has 1 atom stereocenters. The molecule has 2 rings (SSSR count). The molecule has 4 heteroatoms. The average Bonchev–Trinajstić information content (AvgIpc) is 2.39. The van der Waals surface area contributed by atoms with Gasteiger partial charge in [-0.1, -0.05) is 12.5 Å².